The molecule has 0 bridgehead atoms. The second-order valence-electron chi connectivity index (χ2n) is 9.19. The summed E-state index contributed by atoms with van der Waals surface area (Å²) >= 11 is 2.66. The number of aromatic amines is 1. The molecule has 0 spiro atoms. The van der Waals surface area contributed by atoms with E-state index >= 15 is 0 Å². The minimum atomic E-state index is -3.97. The molecule has 0 unspecified atom stereocenters. The fourth-order valence-corrected chi connectivity index (χ4v) is 4.63. The number of phenols is 5. The number of aromatic nitrogens is 2. The summed E-state index contributed by atoms with van der Waals surface area (Å²) < 4.78 is 24.2. The van der Waals surface area contributed by atoms with Crippen LogP contribution in [0.4, 0.5) is 15.9 Å². The lowest BCUT2D eigenvalue weighted by Crippen LogP contribution is -2.52. The number of ether oxygens (including phenoxy) is 2. The van der Waals surface area contributed by atoms with Gasteiger partial charge in [0, 0.05) is 13.1 Å². The van der Waals surface area contributed by atoms with Gasteiger partial charge in [0.15, 0.2) is 34.6 Å². The van der Waals surface area contributed by atoms with Gasteiger partial charge in [0.05, 0.1) is 12.0 Å². The van der Waals surface area contributed by atoms with Gasteiger partial charge in [-0.1, -0.05) is 0 Å². The first-order valence-electron chi connectivity index (χ1n) is 11.7. The first kappa shape index (κ1) is 31.1. The molecule has 1 saturated heterocycles. The van der Waals surface area contributed by atoms with Crippen molar-refractivity contribution in [1.29, 1.82) is 0 Å². The smallest absolute Gasteiger partial charge is 0.453 e. The summed E-state index contributed by atoms with van der Waals surface area (Å²) in [6.07, 6.45) is -6.56. The van der Waals surface area contributed by atoms with Crippen molar-refractivity contribution in [2.45, 2.75) is 25.1 Å². The van der Waals surface area contributed by atoms with Gasteiger partial charge in [0.2, 0.25) is 11.5 Å². The highest BCUT2D eigenvalue weighted by molar-refractivity contribution is 9.10. The highest BCUT2D eigenvalue weighted by Gasteiger charge is 2.35. The zero-order valence-corrected chi connectivity index (χ0v) is 22.5. The zero-order valence-electron chi connectivity index (χ0n) is 20.9. The van der Waals surface area contributed by atoms with E-state index < -0.39 is 90.9 Å². The Bertz CT molecular complexity index is 1550. The fraction of sp³-hybridized carbons (Fsp3) is 0.364. The average molecular weight is 667 g/mol. The number of halogens is 2. The first-order valence-corrected chi connectivity index (χ1v) is 12.5. The third-order valence-corrected chi connectivity index (χ3v) is 7.08. The molecule has 2 aromatic carbocycles. The van der Waals surface area contributed by atoms with Crippen LogP contribution in [0.2, 0.25) is 0 Å². The highest BCUT2D eigenvalue weighted by atomic mass is 79.9. The molecule has 4 rings (SSSR count). The summed E-state index contributed by atoms with van der Waals surface area (Å²) in [4.78, 5) is 18.9. The Morgan fingerprint density at radius 3 is 2.14 bits per heavy atom. The van der Waals surface area contributed by atoms with E-state index in [4.69, 9.17) is 4.74 Å². The van der Waals surface area contributed by atoms with Crippen LogP contribution in [0.5, 0.6) is 40.2 Å². The molecule has 0 saturated carbocycles. The van der Waals surface area contributed by atoms with Crippen molar-refractivity contribution < 1.29 is 70.0 Å². The summed E-state index contributed by atoms with van der Waals surface area (Å²) in [5.41, 5.74) is -2.92. The van der Waals surface area contributed by atoms with Crippen LogP contribution in [0.1, 0.15) is 12.8 Å². The third kappa shape index (κ3) is 6.00. The number of H-pyrrole nitrogens is 1. The minimum Gasteiger partial charge on any atom is -0.504 e. The highest BCUT2D eigenvalue weighted by Crippen LogP contribution is 2.53. The fourth-order valence-electron chi connectivity index (χ4n) is 4.27. The number of likely N-dealkylation sites (tertiary alicyclic amines) is 1. The van der Waals surface area contributed by atoms with Gasteiger partial charge >= 0.3 is 17.9 Å². The molecule has 2 heterocycles. The lowest BCUT2D eigenvalue weighted by atomic mass is 9.98. The van der Waals surface area contributed by atoms with Crippen LogP contribution in [-0.4, -0.2) is 103 Å². The quantitative estimate of drug-likeness (QED) is 0.0758. The molecule has 1 aliphatic rings. The van der Waals surface area contributed by atoms with Gasteiger partial charge in [-0.25, -0.2) is 14.1 Å². The van der Waals surface area contributed by atoms with Crippen molar-refractivity contribution in [3.05, 3.63) is 20.8 Å². The number of anilines is 2. The maximum absolute atomic E-state index is 14.8. The molecule has 42 heavy (non-hydrogen) atoms. The van der Waals surface area contributed by atoms with Gasteiger partial charge in [-0.05, 0) is 34.7 Å². The number of piperidine rings is 1. The largest absolute Gasteiger partial charge is 0.504 e. The minimum absolute atomic E-state index is 0.00145. The van der Waals surface area contributed by atoms with Crippen LogP contribution in [0.3, 0.4) is 0 Å². The van der Waals surface area contributed by atoms with E-state index in [1.54, 1.807) is 0 Å². The maximum Gasteiger partial charge on any atom is 0.453 e. The molecule has 1 fully saturated rings. The van der Waals surface area contributed by atoms with E-state index in [9.17, 15) is 65.4 Å². The lowest BCUT2D eigenvalue weighted by molar-refractivity contribution is -0.420. The van der Waals surface area contributed by atoms with Crippen LogP contribution in [0.25, 0.3) is 10.9 Å². The SMILES string of the molecule is O=c1nc(Nc2c(O)c(O)c(Br)c(O)c2F)c2c(O)c(OC(O)(O)O)c(OCC3CCN(C(O)(O)O)CC3)c(O)c2[nH]1. The number of aliphatic hydroxyl groups is 6. The zero-order chi connectivity index (χ0) is 31.3. The summed E-state index contributed by atoms with van der Waals surface area (Å²) in [6, 6.07) is 0. The monoisotopic (exact) mass is 666 g/mol. The predicted octanol–water partition coefficient (Wildman–Crippen LogP) is -1.26. The van der Waals surface area contributed by atoms with Gasteiger partial charge in [-0.2, -0.15) is 4.98 Å². The maximum atomic E-state index is 14.8. The van der Waals surface area contributed by atoms with Gasteiger partial charge in [-0.3, -0.25) is 0 Å². The Morgan fingerprint density at radius 1 is 0.952 bits per heavy atom. The van der Waals surface area contributed by atoms with E-state index in [0.29, 0.717) is 0 Å². The number of rotatable bonds is 8. The average Bonchev–Trinajstić information content (AvgIpc) is 2.90. The second-order valence-corrected chi connectivity index (χ2v) is 9.98. The van der Waals surface area contributed by atoms with Crippen molar-refractivity contribution in [3.8, 4) is 40.2 Å². The van der Waals surface area contributed by atoms with E-state index in [1.807, 2.05) is 0 Å². The molecule has 0 radical (unpaired) electrons. The van der Waals surface area contributed by atoms with Crippen LogP contribution in [0.15, 0.2) is 9.27 Å². The predicted molar refractivity (Wildman–Crippen MR) is 137 cm³/mol. The molecule has 0 atom stereocenters. The van der Waals surface area contributed by atoms with Crippen molar-refractivity contribution in [3.63, 3.8) is 0 Å². The molecule has 1 aromatic heterocycles. The molecule has 18 nitrogen and oxygen atoms in total. The molecule has 3 aromatic rings. The van der Waals surface area contributed by atoms with E-state index in [2.05, 4.69) is 36.0 Å². The van der Waals surface area contributed by atoms with Crippen LogP contribution in [0, 0.1) is 11.7 Å². The Balaban J connectivity index is 1.81. The summed E-state index contributed by atoms with van der Waals surface area (Å²) in [6.45, 7) is -0.285. The van der Waals surface area contributed by atoms with Crippen LogP contribution >= 0.6 is 15.9 Å². The number of hydrogen-bond acceptors (Lipinski definition) is 17. The summed E-state index contributed by atoms with van der Waals surface area (Å²) in [7, 11) is 0. The Morgan fingerprint density at radius 2 is 1.57 bits per heavy atom. The normalized spacial score (nSPS) is 15.2. The van der Waals surface area contributed by atoms with E-state index in [0.717, 1.165) is 4.90 Å². The van der Waals surface area contributed by atoms with Gasteiger partial charge in [0.1, 0.15) is 21.5 Å². The first-order chi connectivity index (χ1) is 19.4. The molecule has 0 aliphatic carbocycles. The van der Waals surface area contributed by atoms with Crippen molar-refractivity contribution in [2.24, 2.45) is 5.92 Å². The number of fused-ring (bicyclic) bond motifs is 1. The van der Waals surface area contributed by atoms with Crippen molar-refractivity contribution in [2.75, 3.05) is 25.0 Å². The molecule has 1 aliphatic heterocycles. The molecule has 13 N–H and O–H groups in total. The van der Waals surface area contributed by atoms with E-state index in [-0.39, 0.29) is 38.5 Å². The number of phenolic OH excluding ortho intramolecular Hbond substituents is 5. The van der Waals surface area contributed by atoms with Gasteiger partial charge in [0.25, 0.3) is 0 Å². The van der Waals surface area contributed by atoms with Crippen molar-refractivity contribution in [1.82, 2.24) is 14.9 Å². The number of nitrogens with one attached hydrogen (secondary N) is 2. The molecule has 0 amide bonds. The second kappa shape index (κ2) is 11.1. The number of nitrogens with zero attached hydrogens (tertiary/aromatic N) is 2. The van der Waals surface area contributed by atoms with Crippen LogP contribution < -0.4 is 20.5 Å². The Kier molecular flexibility index (Phi) is 8.19. The Hall–Kier alpha value is -3.89. The van der Waals surface area contributed by atoms with Crippen LogP contribution in [-0.2, 0) is 0 Å². The Labute approximate surface area is 240 Å². The molecule has 20 heteroatoms. The standard InChI is InChI=1S/C22H24BrFN4O14/c23-8-13(30)9(24)11(15(32)14(8)31)25-19-7-10(26-20(34)27-19)16(33)17(18(12(7)29)42-22(38,39)40)41-5-6-1-3-28(4-2-6)21(35,36)37/h6,29-33,35-40H,1-5H2,(H2,25,26,27,34). The van der Waals surface area contributed by atoms with E-state index in [1.165, 1.54) is 0 Å². The van der Waals surface area contributed by atoms with Gasteiger partial charge in [-0.15, -0.1) is 0 Å². The molecular formula is C22H24BrFN4O14. The van der Waals surface area contributed by atoms with Gasteiger partial charge < -0.3 is 75.9 Å². The third-order valence-electron chi connectivity index (χ3n) is 6.33. The van der Waals surface area contributed by atoms with Crippen molar-refractivity contribution >= 4 is 38.3 Å². The number of aromatic hydroxyl groups is 5. The summed E-state index contributed by atoms with van der Waals surface area (Å²) in [5, 5.41) is 110. The number of benzene rings is 2. The summed E-state index contributed by atoms with van der Waals surface area (Å²) in [5.74, 6) is -10.3. The topological polar surface area (TPSA) is 302 Å². The lowest BCUT2D eigenvalue weighted by Gasteiger charge is -2.36. The molecular weight excluding hydrogens is 643 g/mol. The molecule has 230 valence electrons. The number of hydrogen-bond donors (Lipinski definition) is 13.